The Balaban J connectivity index is 2.33. The Bertz CT molecular complexity index is 604. The molecule has 18 heavy (non-hydrogen) atoms. The highest BCUT2D eigenvalue weighted by molar-refractivity contribution is 6.32. The number of hydrogen-bond donors (Lipinski definition) is 1. The van der Waals surface area contributed by atoms with Crippen LogP contribution in [0.2, 0.25) is 5.02 Å². The first-order valence-corrected chi connectivity index (χ1v) is 5.27. The molecule has 0 aliphatic carbocycles. The Morgan fingerprint density at radius 2 is 2.11 bits per heavy atom. The predicted molar refractivity (Wildman–Crippen MR) is 66.8 cm³/mol. The molecule has 0 spiro atoms. The van der Waals surface area contributed by atoms with Crippen LogP contribution in [0.4, 0.5) is 11.5 Å². The SMILES string of the molecule is Nc1cc(Oc2cc([N+](=O)[O-])ccc2Cl)ccn1. The molecule has 0 unspecified atom stereocenters. The van der Waals surface area contributed by atoms with Crippen molar-refractivity contribution in [3.8, 4) is 11.5 Å². The van der Waals surface area contributed by atoms with E-state index in [0.29, 0.717) is 5.75 Å². The molecule has 1 aromatic carbocycles. The number of benzene rings is 1. The van der Waals surface area contributed by atoms with Gasteiger partial charge in [0.2, 0.25) is 0 Å². The normalized spacial score (nSPS) is 10.1. The van der Waals surface area contributed by atoms with E-state index in [9.17, 15) is 10.1 Å². The van der Waals surface area contributed by atoms with Gasteiger partial charge in [-0.05, 0) is 12.1 Å². The van der Waals surface area contributed by atoms with Gasteiger partial charge in [-0.3, -0.25) is 10.1 Å². The van der Waals surface area contributed by atoms with E-state index in [1.54, 1.807) is 6.07 Å². The topological polar surface area (TPSA) is 91.3 Å². The van der Waals surface area contributed by atoms with Crippen LogP contribution in [0.3, 0.4) is 0 Å². The largest absolute Gasteiger partial charge is 0.455 e. The third kappa shape index (κ3) is 2.67. The molecule has 1 aromatic heterocycles. The van der Waals surface area contributed by atoms with Crippen LogP contribution in [-0.2, 0) is 0 Å². The molecule has 0 saturated heterocycles. The van der Waals surface area contributed by atoms with E-state index < -0.39 is 4.92 Å². The number of ether oxygens (including phenoxy) is 1. The lowest BCUT2D eigenvalue weighted by molar-refractivity contribution is -0.384. The molecule has 0 fully saturated rings. The summed E-state index contributed by atoms with van der Waals surface area (Å²) in [4.78, 5) is 13.9. The van der Waals surface area contributed by atoms with Crippen molar-refractivity contribution in [1.29, 1.82) is 0 Å². The molecule has 0 atom stereocenters. The molecule has 92 valence electrons. The molecule has 0 bridgehead atoms. The number of aromatic nitrogens is 1. The lowest BCUT2D eigenvalue weighted by atomic mass is 10.3. The number of anilines is 1. The summed E-state index contributed by atoms with van der Waals surface area (Å²) in [6, 6.07) is 7.02. The Kier molecular flexibility index (Phi) is 3.29. The molecule has 0 aliphatic rings. The van der Waals surface area contributed by atoms with Crippen molar-refractivity contribution in [3.05, 3.63) is 51.7 Å². The minimum absolute atomic E-state index is 0.101. The van der Waals surface area contributed by atoms with Crippen LogP contribution in [0.1, 0.15) is 0 Å². The van der Waals surface area contributed by atoms with Crippen molar-refractivity contribution < 1.29 is 9.66 Å². The second kappa shape index (κ2) is 4.89. The third-order valence-corrected chi connectivity index (χ3v) is 2.42. The van der Waals surface area contributed by atoms with Gasteiger partial charge in [-0.25, -0.2) is 4.98 Å². The zero-order chi connectivity index (χ0) is 13.1. The molecule has 1 heterocycles. The minimum atomic E-state index is -0.524. The van der Waals surface area contributed by atoms with Crippen molar-refractivity contribution in [3.63, 3.8) is 0 Å². The highest BCUT2D eigenvalue weighted by Gasteiger charge is 2.11. The van der Waals surface area contributed by atoms with Gasteiger partial charge in [0.25, 0.3) is 5.69 Å². The smallest absolute Gasteiger partial charge is 0.273 e. The fraction of sp³-hybridized carbons (Fsp3) is 0. The number of nitrogens with zero attached hydrogens (tertiary/aromatic N) is 2. The monoisotopic (exact) mass is 265 g/mol. The van der Waals surface area contributed by atoms with Gasteiger partial charge >= 0.3 is 0 Å². The zero-order valence-corrected chi connectivity index (χ0v) is 9.79. The van der Waals surface area contributed by atoms with Gasteiger partial charge in [-0.15, -0.1) is 0 Å². The molecular weight excluding hydrogens is 258 g/mol. The summed E-state index contributed by atoms with van der Waals surface area (Å²) in [7, 11) is 0. The van der Waals surface area contributed by atoms with E-state index >= 15 is 0 Å². The van der Waals surface area contributed by atoms with Crippen LogP contribution in [0.15, 0.2) is 36.5 Å². The first-order valence-electron chi connectivity index (χ1n) is 4.89. The summed E-state index contributed by atoms with van der Waals surface area (Å²) in [5, 5.41) is 10.9. The summed E-state index contributed by atoms with van der Waals surface area (Å²) in [6.45, 7) is 0. The van der Waals surface area contributed by atoms with Crippen LogP contribution < -0.4 is 10.5 Å². The average Bonchev–Trinajstić information content (AvgIpc) is 2.31. The summed E-state index contributed by atoms with van der Waals surface area (Å²) in [6.07, 6.45) is 1.47. The third-order valence-electron chi connectivity index (χ3n) is 2.11. The predicted octanol–water partition coefficient (Wildman–Crippen LogP) is 3.02. The first kappa shape index (κ1) is 12.1. The second-order valence-corrected chi connectivity index (χ2v) is 3.80. The molecule has 6 nitrogen and oxygen atoms in total. The molecular formula is C11H8ClN3O3. The maximum Gasteiger partial charge on any atom is 0.273 e. The zero-order valence-electron chi connectivity index (χ0n) is 9.04. The molecule has 0 amide bonds. The Hall–Kier alpha value is -2.34. The molecule has 0 radical (unpaired) electrons. The van der Waals surface area contributed by atoms with Crippen LogP contribution in [-0.4, -0.2) is 9.91 Å². The van der Waals surface area contributed by atoms with Crippen molar-refractivity contribution in [1.82, 2.24) is 4.98 Å². The number of nitrogen functional groups attached to an aromatic ring is 1. The number of hydrogen-bond acceptors (Lipinski definition) is 5. The van der Waals surface area contributed by atoms with Crippen molar-refractivity contribution >= 4 is 23.1 Å². The van der Waals surface area contributed by atoms with Gasteiger partial charge in [-0.1, -0.05) is 11.6 Å². The number of pyridine rings is 1. The van der Waals surface area contributed by atoms with Gasteiger partial charge in [0.1, 0.15) is 11.6 Å². The van der Waals surface area contributed by atoms with E-state index in [-0.39, 0.29) is 22.3 Å². The number of nitro groups is 1. The summed E-state index contributed by atoms with van der Waals surface area (Å²) >= 11 is 5.90. The maximum atomic E-state index is 10.6. The van der Waals surface area contributed by atoms with Crippen LogP contribution in [0, 0.1) is 10.1 Å². The number of nitrogens with two attached hydrogens (primary N) is 1. The van der Waals surface area contributed by atoms with Crippen LogP contribution in [0.5, 0.6) is 11.5 Å². The van der Waals surface area contributed by atoms with Gasteiger partial charge in [0.05, 0.1) is 16.0 Å². The number of rotatable bonds is 3. The number of halogens is 1. The van der Waals surface area contributed by atoms with Gasteiger partial charge < -0.3 is 10.5 Å². The Morgan fingerprint density at radius 1 is 1.33 bits per heavy atom. The van der Waals surface area contributed by atoms with E-state index in [1.165, 1.54) is 30.5 Å². The standard InChI is InChI=1S/C11H8ClN3O3/c12-9-2-1-7(15(16)17)5-10(9)18-8-3-4-14-11(13)6-8/h1-6H,(H2,13,14). The Morgan fingerprint density at radius 3 is 2.78 bits per heavy atom. The quantitative estimate of drug-likeness (QED) is 0.680. The van der Waals surface area contributed by atoms with E-state index in [4.69, 9.17) is 22.1 Å². The lowest BCUT2D eigenvalue weighted by Gasteiger charge is -2.07. The minimum Gasteiger partial charge on any atom is -0.455 e. The molecule has 2 N–H and O–H groups in total. The summed E-state index contributed by atoms with van der Waals surface area (Å²) < 4.78 is 5.42. The van der Waals surface area contributed by atoms with Crippen LogP contribution in [0.25, 0.3) is 0 Å². The lowest BCUT2D eigenvalue weighted by Crippen LogP contribution is -1.93. The highest BCUT2D eigenvalue weighted by Crippen LogP contribution is 2.32. The second-order valence-electron chi connectivity index (χ2n) is 3.39. The van der Waals surface area contributed by atoms with Crippen LogP contribution >= 0.6 is 11.6 Å². The summed E-state index contributed by atoms with van der Waals surface area (Å²) in [5.41, 5.74) is 5.40. The average molecular weight is 266 g/mol. The summed E-state index contributed by atoms with van der Waals surface area (Å²) in [5.74, 6) is 0.885. The fourth-order valence-electron chi connectivity index (χ4n) is 1.30. The fourth-order valence-corrected chi connectivity index (χ4v) is 1.46. The first-order chi connectivity index (χ1) is 8.56. The molecule has 7 heteroatoms. The van der Waals surface area contributed by atoms with Gasteiger partial charge in [0, 0.05) is 18.3 Å². The molecule has 2 rings (SSSR count). The van der Waals surface area contributed by atoms with Crippen molar-refractivity contribution in [2.45, 2.75) is 0 Å². The molecule has 0 saturated carbocycles. The van der Waals surface area contributed by atoms with Gasteiger partial charge in [0.15, 0.2) is 5.75 Å². The molecule has 0 aliphatic heterocycles. The molecule has 2 aromatic rings. The Labute approximate surface area is 107 Å². The van der Waals surface area contributed by atoms with Crippen molar-refractivity contribution in [2.75, 3.05) is 5.73 Å². The highest BCUT2D eigenvalue weighted by atomic mass is 35.5. The van der Waals surface area contributed by atoms with E-state index in [0.717, 1.165) is 0 Å². The van der Waals surface area contributed by atoms with Crippen molar-refractivity contribution in [2.24, 2.45) is 0 Å². The number of non-ortho nitro benzene ring substituents is 1. The van der Waals surface area contributed by atoms with E-state index in [2.05, 4.69) is 4.98 Å². The van der Waals surface area contributed by atoms with Gasteiger partial charge in [-0.2, -0.15) is 0 Å². The maximum absolute atomic E-state index is 10.6. The van der Waals surface area contributed by atoms with E-state index in [1.807, 2.05) is 0 Å². The number of nitro benzene ring substituents is 1.